The highest BCUT2D eigenvalue weighted by atomic mass is 32.2. The Labute approximate surface area is 166 Å². The van der Waals surface area contributed by atoms with E-state index >= 15 is 0 Å². The standard InChI is InChI=1S/C20H27N3O4S/c1-16(2)27-15-18-5-3-17(4-6-18)13-21-20-8-7-19(14-22-20)28(24,25)23-9-11-26-12-10-23/h3-8,14,16H,9-13,15H2,1-2H3,(H,21,22). The highest BCUT2D eigenvalue weighted by Gasteiger charge is 2.26. The second-order valence-electron chi connectivity index (χ2n) is 6.93. The molecule has 0 radical (unpaired) electrons. The Bertz CT molecular complexity index is 846. The first-order chi connectivity index (χ1) is 13.4. The van der Waals surface area contributed by atoms with E-state index in [2.05, 4.69) is 10.3 Å². The van der Waals surface area contributed by atoms with Gasteiger partial charge in [-0.25, -0.2) is 13.4 Å². The van der Waals surface area contributed by atoms with Crippen molar-refractivity contribution in [2.24, 2.45) is 0 Å². The fraction of sp³-hybridized carbons (Fsp3) is 0.450. The molecule has 0 spiro atoms. The van der Waals surface area contributed by atoms with E-state index < -0.39 is 10.0 Å². The van der Waals surface area contributed by atoms with Crippen molar-refractivity contribution in [3.8, 4) is 0 Å². The third kappa shape index (κ3) is 5.51. The molecule has 1 aromatic heterocycles. The van der Waals surface area contributed by atoms with Gasteiger partial charge in [-0.2, -0.15) is 4.31 Å². The largest absolute Gasteiger partial charge is 0.379 e. The molecule has 1 fully saturated rings. The first-order valence-corrected chi connectivity index (χ1v) is 10.9. The molecule has 28 heavy (non-hydrogen) atoms. The zero-order chi connectivity index (χ0) is 20.0. The number of aromatic nitrogens is 1. The molecule has 2 heterocycles. The van der Waals surface area contributed by atoms with Crippen LogP contribution in [0.4, 0.5) is 5.82 Å². The van der Waals surface area contributed by atoms with Crippen molar-refractivity contribution in [2.45, 2.75) is 38.0 Å². The molecule has 8 heteroatoms. The van der Waals surface area contributed by atoms with Crippen molar-refractivity contribution in [3.63, 3.8) is 0 Å². The van der Waals surface area contributed by atoms with Crippen LogP contribution in [0.25, 0.3) is 0 Å². The molecule has 1 N–H and O–H groups in total. The van der Waals surface area contributed by atoms with Gasteiger partial charge in [-0.05, 0) is 37.1 Å². The van der Waals surface area contributed by atoms with Gasteiger partial charge in [0.25, 0.3) is 0 Å². The minimum Gasteiger partial charge on any atom is -0.379 e. The van der Waals surface area contributed by atoms with E-state index in [4.69, 9.17) is 9.47 Å². The number of anilines is 1. The van der Waals surface area contributed by atoms with Crippen molar-refractivity contribution in [2.75, 3.05) is 31.6 Å². The van der Waals surface area contributed by atoms with Gasteiger partial charge in [0.2, 0.25) is 10.0 Å². The number of nitrogens with zero attached hydrogens (tertiary/aromatic N) is 2. The van der Waals surface area contributed by atoms with Gasteiger partial charge in [0, 0.05) is 25.8 Å². The summed E-state index contributed by atoms with van der Waals surface area (Å²) in [4.78, 5) is 4.46. The number of nitrogens with one attached hydrogen (secondary N) is 1. The molecule has 1 saturated heterocycles. The van der Waals surface area contributed by atoms with E-state index in [1.807, 2.05) is 38.1 Å². The van der Waals surface area contributed by atoms with Gasteiger partial charge >= 0.3 is 0 Å². The predicted octanol–water partition coefficient (Wildman–Crippen LogP) is 2.64. The van der Waals surface area contributed by atoms with Crippen LogP contribution in [0.2, 0.25) is 0 Å². The van der Waals surface area contributed by atoms with Crippen LogP contribution in [0, 0.1) is 0 Å². The quantitative estimate of drug-likeness (QED) is 0.727. The molecule has 1 aliphatic rings. The Hall–Kier alpha value is -2.00. The third-order valence-electron chi connectivity index (χ3n) is 4.42. The molecule has 1 aliphatic heterocycles. The number of rotatable bonds is 8. The van der Waals surface area contributed by atoms with Crippen LogP contribution < -0.4 is 5.32 Å². The SMILES string of the molecule is CC(C)OCc1ccc(CNc2ccc(S(=O)(=O)N3CCOCC3)cn2)cc1. The molecule has 0 unspecified atom stereocenters. The highest BCUT2D eigenvalue weighted by Crippen LogP contribution is 2.18. The highest BCUT2D eigenvalue weighted by molar-refractivity contribution is 7.89. The average Bonchev–Trinajstić information content (AvgIpc) is 2.72. The molecule has 7 nitrogen and oxygen atoms in total. The maximum absolute atomic E-state index is 12.6. The lowest BCUT2D eigenvalue weighted by molar-refractivity contribution is 0.0657. The van der Waals surface area contributed by atoms with Crippen molar-refractivity contribution in [1.82, 2.24) is 9.29 Å². The smallest absolute Gasteiger partial charge is 0.244 e. The number of hydrogen-bond donors (Lipinski definition) is 1. The summed E-state index contributed by atoms with van der Waals surface area (Å²) in [5.41, 5.74) is 2.24. The lowest BCUT2D eigenvalue weighted by atomic mass is 10.1. The summed E-state index contributed by atoms with van der Waals surface area (Å²) in [7, 11) is -3.51. The van der Waals surface area contributed by atoms with Crippen LogP contribution in [0.15, 0.2) is 47.5 Å². The van der Waals surface area contributed by atoms with Crippen molar-refractivity contribution >= 4 is 15.8 Å². The lowest BCUT2D eigenvalue weighted by Gasteiger charge is -2.25. The van der Waals surface area contributed by atoms with Crippen LogP contribution in [-0.2, 0) is 32.6 Å². The van der Waals surface area contributed by atoms with Crippen LogP contribution >= 0.6 is 0 Å². The summed E-state index contributed by atoms with van der Waals surface area (Å²) < 4.78 is 37.5. The Morgan fingerprint density at radius 3 is 2.39 bits per heavy atom. The Balaban J connectivity index is 1.55. The van der Waals surface area contributed by atoms with Crippen LogP contribution in [0.1, 0.15) is 25.0 Å². The third-order valence-corrected chi connectivity index (χ3v) is 6.31. The zero-order valence-corrected chi connectivity index (χ0v) is 17.1. The molecular weight excluding hydrogens is 378 g/mol. The molecule has 2 aromatic rings. The molecule has 1 aromatic carbocycles. The van der Waals surface area contributed by atoms with E-state index in [0.717, 1.165) is 11.1 Å². The van der Waals surface area contributed by atoms with E-state index in [-0.39, 0.29) is 11.0 Å². The number of morpholine rings is 1. The molecule has 3 rings (SSSR count). The molecule has 0 aliphatic carbocycles. The van der Waals surface area contributed by atoms with Crippen molar-refractivity contribution in [3.05, 3.63) is 53.7 Å². The van der Waals surface area contributed by atoms with Crippen molar-refractivity contribution in [1.29, 1.82) is 0 Å². The van der Waals surface area contributed by atoms with Gasteiger partial charge in [-0.15, -0.1) is 0 Å². The van der Waals surface area contributed by atoms with E-state index in [0.29, 0.717) is 45.3 Å². The number of benzene rings is 1. The topological polar surface area (TPSA) is 80.8 Å². The number of hydrogen-bond acceptors (Lipinski definition) is 6. The number of sulfonamides is 1. The second-order valence-corrected chi connectivity index (χ2v) is 8.86. The molecule has 0 atom stereocenters. The first-order valence-electron chi connectivity index (χ1n) is 9.42. The average molecular weight is 406 g/mol. The number of pyridine rings is 1. The molecule has 0 bridgehead atoms. The van der Waals surface area contributed by atoms with Gasteiger partial charge in [-0.1, -0.05) is 24.3 Å². The Kier molecular flexibility index (Phi) is 7.01. The first kappa shape index (κ1) is 20.7. The number of ether oxygens (including phenoxy) is 2. The monoisotopic (exact) mass is 405 g/mol. The molecule has 0 amide bonds. The van der Waals surface area contributed by atoms with Gasteiger partial charge in [-0.3, -0.25) is 0 Å². The fourth-order valence-corrected chi connectivity index (χ4v) is 4.14. The van der Waals surface area contributed by atoms with Crippen LogP contribution in [-0.4, -0.2) is 50.1 Å². The van der Waals surface area contributed by atoms with Crippen LogP contribution in [0.5, 0.6) is 0 Å². The lowest BCUT2D eigenvalue weighted by Crippen LogP contribution is -2.40. The van der Waals surface area contributed by atoms with Crippen LogP contribution in [0.3, 0.4) is 0 Å². The van der Waals surface area contributed by atoms with E-state index in [9.17, 15) is 8.42 Å². The summed E-state index contributed by atoms with van der Waals surface area (Å²) in [5.74, 6) is 0.633. The Morgan fingerprint density at radius 2 is 1.79 bits per heavy atom. The van der Waals surface area contributed by atoms with Gasteiger partial charge in [0.15, 0.2) is 0 Å². The molecule has 0 saturated carbocycles. The van der Waals surface area contributed by atoms with Gasteiger partial charge in [0.05, 0.1) is 25.9 Å². The molecular formula is C20H27N3O4S. The minimum atomic E-state index is -3.51. The van der Waals surface area contributed by atoms with E-state index in [1.165, 1.54) is 10.5 Å². The minimum absolute atomic E-state index is 0.203. The van der Waals surface area contributed by atoms with Crippen molar-refractivity contribution < 1.29 is 17.9 Å². The normalized spacial score (nSPS) is 15.7. The summed E-state index contributed by atoms with van der Waals surface area (Å²) in [6, 6.07) is 11.5. The summed E-state index contributed by atoms with van der Waals surface area (Å²) in [5, 5.41) is 3.22. The Morgan fingerprint density at radius 1 is 1.11 bits per heavy atom. The maximum atomic E-state index is 12.6. The second kappa shape index (κ2) is 9.47. The van der Waals surface area contributed by atoms with Gasteiger partial charge in [0.1, 0.15) is 10.7 Å². The van der Waals surface area contributed by atoms with Gasteiger partial charge < -0.3 is 14.8 Å². The zero-order valence-electron chi connectivity index (χ0n) is 16.3. The fourth-order valence-electron chi connectivity index (χ4n) is 2.78. The maximum Gasteiger partial charge on any atom is 0.244 e. The van der Waals surface area contributed by atoms with E-state index in [1.54, 1.807) is 12.1 Å². The summed E-state index contributed by atoms with van der Waals surface area (Å²) in [6.07, 6.45) is 1.61. The molecule has 152 valence electrons. The predicted molar refractivity (Wildman–Crippen MR) is 108 cm³/mol. The summed E-state index contributed by atoms with van der Waals surface area (Å²) >= 11 is 0. The summed E-state index contributed by atoms with van der Waals surface area (Å²) in [6.45, 7) is 6.84.